The highest BCUT2D eigenvalue weighted by atomic mass is 16.5. The van der Waals surface area contributed by atoms with Crippen LogP contribution >= 0.6 is 0 Å². The van der Waals surface area contributed by atoms with Crippen molar-refractivity contribution in [2.24, 2.45) is 5.92 Å². The molecule has 2 aliphatic rings. The summed E-state index contributed by atoms with van der Waals surface area (Å²) in [6.45, 7) is 13.6. The summed E-state index contributed by atoms with van der Waals surface area (Å²) in [5, 5.41) is 3.77. The third-order valence-corrected chi connectivity index (χ3v) is 5.36. The molecular weight excluding hydrogens is 236 g/mol. The smallest absolute Gasteiger partial charge is 0.0647 e. The van der Waals surface area contributed by atoms with Crippen molar-refractivity contribution in [1.29, 1.82) is 0 Å². The lowest BCUT2D eigenvalue weighted by Gasteiger charge is -2.52. The normalized spacial score (nSPS) is 39.2. The van der Waals surface area contributed by atoms with Gasteiger partial charge < -0.3 is 10.1 Å². The average molecular weight is 268 g/mol. The van der Waals surface area contributed by atoms with Crippen LogP contribution in [0.25, 0.3) is 0 Å². The monoisotopic (exact) mass is 268 g/mol. The van der Waals surface area contributed by atoms with Gasteiger partial charge in [0.15, 0.2) is 0 Å². The maximum absolute atomic E-state index is 5.79. The van der Waals surface area contributed by atoms with Crippen molar-refractivity contribution in [3.8, 4) is 0 Å². The average Bonchev–Trinajstić information content (AvgIpc) is 2.46. The molecule has 0 aromatic heterocycles. The molecule has 2 fully saturated rings. The lowest BCUT2D eigenvalue weighted by atomic mass is 9.86. The van der Waals surface area contributed by atoms with Crippen molar-refractivity contribution in [3.63, 3.8) is 0 Å². The molecule has 2 heterocycles. The number of piperazine rings is 1. The Morgan fingerprint density at radius 1 is 1.42 bits per heavy atom. The molecule has 3 nitrogen and oxygen atoms in total. The van der Waals surface area contributed by atoms with E-state index < -0.39 is 0 Å². The molecule has 4 atom stereocenters. The van der Waals surface area contributed by atoms with Crippen LogP contribution < -0.4 is 5.32 Å². The summed E-state index contributed by atoms with van der Waals surface area (Å²) in [5.41, 5.74) is 0.257. The summed E-state index contributed by atoms with van der Waals surface area (Å²) in [6, 6.07) is 1.32. The molecular formula is C16H32N2O. The summed E-state index contributed by atoms with van der Waals surface area (Å²) in [4.78, 5) is 2.76. The molecule has 2 saturated heterocycles. The highest BCUT2D eigenvalue weighted by molar-refractivity contribution is 4.98. The molecule has 0 aromatic rings. The van der Waals surface area contributed by atoms with Crippen LogP contribution in [0.3, 0.4) is 0 Å². The second kappa shape index (κ2) is 6.55. The minimum Gasteiger partial charge on any atom is -0.380 e. The molecule has 0 bridgehead atoms. The molecule has 2 aliphatic heterocycles. The summed E-state index contributed by atoms with van der Waals surface area (Å²) in [5.74, 6) is 0.758. The van der Waals surface area contributed by atoms with Crippen LogP contribution in [0.15, 0.2) is 0 Å². The number of nitrogens with zero attached hydrogens (tertiary/aromatic N) is 1. The van der Waals surface area contributed by atoms with Crippen LogP contribution in [-0.2, 0) is 4.74 Å². The Bertz CT molecular complexity index is 276. The van der Waals surface area contributed by atoms with Gasteiger partial charge in [0.25, 0.3) is 0 Å². The fourth-order valence-corrected chi connectivity index (χ4v) is 3.66. The number of rotatable bonds is 4. The Balaban J connectivity index is 2.08. The summed E-state index contributed by atoms with van der Waals surface area (Å²) in [6.07, 6.45) is 4.99. The number of nitrogens with one attached hydrogen (secondary N) is 1. The van der Waals surface area contributed by atoms with E-state index in [1.807, 2.05) is 0 Å². The molecule has 112 valence electrons. The summed E-state index contributed by atoms with van der Waals surface area (Å²) < 4.78 is 5.79. The molecule has 0 amide bonds. The maximum Gasteiger partial charge on any atom is 0.0647 e. The Hall–Kier alpha value is -0.120. The maximum atomic E-state index is 5.79. The topological polar surface area (TPSA) is 24.5 Å². The number of hydrogen-bond acceptors (Lipinski definition) is 3. The van der Waals surface area contributed by atoms with E-state index in [-0.39, 0.29) is 5.54 Å². The van der Waals surface area contributed by atoms with Crippen molar-refractivity contribution in [2.75, 3.05) is 26.3 Å². The van der Waals surface area contributed by atoms with Gasteiger partial charge in [0.1, 0.15) is 0 Å². The van der Waals surface area contributed by atoms with E-state index in [0.29, 0.717) is 12.1 Å². The molecule has 19 heavy (non-hydrogen) atoms. The second-order valence-electron chi connectivity index (χ2n) is 6.77. The molecule has 0 aliphatic carbocycles. The zero-order chi connectivity index (χ0) is 13.9. The van der Waals surface area contributed by atoms with Crippen molar-refractivity contribution >= 4 is 0 Å². The van der Waals surface area contributed by atoms with Gasteiger partial charge in [0.2, 0.25) is 0 Å². The highest BCUT2D eigenvalue weighted by Gasteiger charge is 2.41. The van der Waals surface area contributed by atoms with Gasteiger partial charge in [-0.25, -0.2) is 0 Å². The van der Waals surface area contributed by atoms with Gasteiger partial charge in [-0.15, -0.1) is 0 Å². The Kier molecular flexibility index (Phi) is 5.27. The molecule has 0 saturated carbocycles. The Morgan fingerprint density at radius 3 is 2.79 bits per heavy atom. The van der Waals surface area contributed by atoms with E-state index in [9.17, 15) is 0 Å². The first-order valence-electron chi connectivity index (χ1n) is 8.18. The van der Waals surface area contributed by atoms with E-state index in [2.05, 4.69) is 37.9 Å². The van der Waals surface area contributed by atoms with Gasteiger partial charge >= 0.3 is 0 Å². The quantitative estimate of drug-likeness (QED) is 0.848. The first-order chi connectivity index (χ1) is 9.10. The minimum absolute atomic E-state index is 0.257. The molecule has 1 N–H and O–H groups in total. The van der Waals surface area contributed by atoms with Crippen LogP contribution in [0.1, 0.15) is 53.4 Å². The van der Waals surface area contributed by atoms with Gasteiger partial charge in [-0.1, -0.05) is 27.2 Å². The summed E-state index contributed by atoms with van der Waals surface area (Å²) >= 11 is 0. The molecule has 0 aromatic carbocycles. The highest BCUT2D eigenvalue weighted by Crippen LogP contribution is 2.31. The predicted octanol–water partition coefficient (Wildman–Crippen LogP) is 2.65. The van der Waals surface area contributed by atoms with Crippen LogP contribution in [0, 0.1) is 5.92 Å². The van der Waals surface area contributed by atoms with Gasteiger partial charge in [-0.05, 0) is 32.1 Å². The fourth-order valence-electron chi connectivity index (χ4n) is 3.66. The van der Waals surface area contributed by atoms with E-state index in [0.717, 1.165) is 25.7 Å². The molecule has 0 spiro atoms. The third kappa shape index (κ3) is 3.32. The van der Waals surface area contributed by atoms with Gasteiger partial charge in [-0.2, -0.15) is 0 Å². The third-order valence-electron chi connectivity index (χ3n) is 5.36. The second-order valence-corrected chi connectivity index (χ2v) is 6.77. The first kappa shape index (κ1) is 15.3. The van der Waals surface area contributed by atoms with E-state index in [1.54, 1.807) is 0 Å². The van der Waals surface area contributed by atoms with Gasteiger partial charge in [0, 0.05) is 37.3 Å². The molecule has 3 heteroatoms. The van der Waals surface area contributed by atoms with Gasteiger partial charge in [0.05, 0.1) is 6.61 Å². The fraction of sp³-hybridized carbons (Fsp3) is 1.00. The SMILES string of the molecule is CCC(C)C1CN(C2(C)CCCOC2)C(CC)CN1. The zero-order valence-corrected chi connectivity index (χ0v) is 13.2. The Morgan fingerprint density at radius 2 is 2.21 bits per heavy atom. The van der Waals surface area contributed by atoms with Crippen LogP contribution in [0.5, 0.6) is 0 Å². The molecule has 2 rings (SSSR count). The van der Waals surface area contributed by atoms with Gasteiger partial charge in [-0.3, -0.25) is 4.90 Å². The molecule has 4 unspecified atom stereocenters. The van der Waals surface area contributed by atoms with Crippen LogP contribution in [0.2, 0.25) is 0 Å². The molecule has 0 radical (unpaired) electrons. The van der Waals surface area contributed by atoms with Crippen molar-refractivity contribution in [3.05, 3.63) is 0 Å². The van der Waals surface area contributed by atoms with Crippen molar-refractivity contribution < 1.29 is 4.74 Å². The largest absolute Gasteiger partial charge is 0.380 e. The predicted molar refractivity (Wildman–Crippen MR) is 80.5 cm³/mol. The van der Waals surface area contributed by atoms with Crippen LogP contribution in [-0.4, -0.2) is 48.8 Å². The lowest BCUT2D eigenvalue weighted by Crippen LogP contribution is -2.66. The zero-order valence-electron chi connectivity index (χ0n) is 13.2. The first-order valence-corrected chi connectivity index (χ1v) is 8.18. The standard InChI is InChI=1S/C16H32N2O/c1-5-13(3)15-11-18(14(6-2)10-17-15)16(4)8-7-9-19-12-16/h13-15,17H,5-12H2,1-4H3. The van der Waals surface area contributed by atoms with Crippen LogP contribution in [0.4, 0.5) is 0 Å². The number of hydrogen-bond donors (Lipinski definition) is 1. The lowest BCUT2D eigenvalue weighted by molar-refractivity contribution is -0.0753. The summed E-state index contributed by atoms with van der Waals surface area (Å²) in [7, 11) is 0. The van der Waals surface area contributed by atoms with Crippen molar-refractivity contribution in [1.82, 2.24) is 10.2 Å². The van der Waals surface area contributed by atoms with E-state index in [1.165, 1.54) is 32.2 Å². The number of ether oxygens (including phenoxy) is 1. The minimum atomic E-state index is 0.257. The van der Waals surface area contributed by atoms with Crippen molar-refractivity contribution in [2.45, 2.75) is 71.0 Å². The Labute approximate surface area is 119 Å². The van der Waals surface area contributed by atoms with E-state index in [4.69, 9.17) is 4.74 Å². The van der Waals surface area contributed by atoms with E-state index >= 15 is 0 Å².